The van der Waals surface area contributed by atoms with Crippen LogP contribution in [0.1, 0.15) is 60.7 Å². The molecule has 0 radical (unpaired) electrons. The fraction of sp³-hybridized carbons (Fsp3) is 0.417. The van der Waals surface area contributed by atoms with Gasteiger partial charge in [0.05, 0.1) is 12.1 Å². The summed E-state index contributed by atoms with van der Waals surface area (Å²) < 4.78 is 2.90. The molecule has 3 amide bonds. The molecular formula is C24H31N7O6. The molecule has 0 aromatic carbocycles. The maximum atomic E-state index is 12.4. The van der Waals surface area contributed by atoms with Crippen LogP contribution in [0, 0.1) is 0 Å². The number of hydrogen-bond acceptors (Lipinski definition) is 7. The lowest BCUT2D eigenvalue weighted by atomic mass is 10.1. The molecule has 1 aliphatic rings. The number of carbonyl (C=O) groups excluding carboxylic acids is 3. The predicted octanol–water partition coefficient (Wildman–Crippen LogP) is 0.215. The highest BCUT2D eigenvalue weighted by atomic mass is 16.3. The van der Waals surface area contributed by atoms with Gasteiger partial charge in [0.2, 0.25) is 11.8 Å². The molecule has 0 aliphatic carbocycles. The first-order chi connectivity index (χ1) is 17.6. The van der Waals surface area contributed by atoms with Crippen molar-refractivity contribution in [2.75, 3.05) is 6.54 Å². The van der Waals surface area contributed by atoms with Crippen LogP contribution >= 0.6 is 0 Å². The van der Waals surface area contributed by atoms with Crippen LogP contribution in [0.3, 0.4) is 0 Å². The van der Waals surface area contributed by atoms with Crippen molar-refractivity contribution in [2.24, 2.45) is 0 Å². The van der Waals surface area contributed by atoms with E-state index in [1.807, 2.05) is 27.7 Å². The van der Waals surface area contributed by atoms with Crippen molar-refractivity contribution in [3.63, 3.8) is 0 Å². The molecule has 37 heavy (non-hydrogen) atoms. The Balaban J connectivity index is 0.000000208. The summed E-state index contributed by atoms with van der Waals surface area (Å²) in [5.74, 6) is -1.12. The fourth-order valence-electron chi connectivity index (χ4n) is 3.90. The zero-order valence-corrected chi connectivity index (χ0v) is 21.1. The molecule has 3 aromatic heterocycles. The zero-order chi connectivity index (χ0) is 27.3. The molecule has 0 fully saturated rings. The number of H-pyrrole nitrogens is 1. The van der Waals surface area contributed by atoms with Gasteiger partial charge in [0.15, 0.2) is 17.1 Å². The van der Waals surface area contributed by atoms with Gasteiger partial charge < -0.3 is 25.2 Å². The first-order valence-electron chi connectivity index (χ1n) is 11.9. The average Bonchev–Trinajstić information content (AvgIpc) is 3.26. The van der Waals surface area contributed by atoms with Crippen LogP contribution in [0.2, 0.25) is 0 Å². The highest BCUT2D eigenvalue weighted by Crippen LogP contribution is 2.22. The Labute approximate surface area is 212 Å². The normalized spacial score (nSPS) is 13.5. The first kappa shape index (κ1) is 27.2. The minimum absolute atomic E-state index is 0.000138. The van der Waals surface area contributed by atoms with Crippen molar-refractivity contribution in [1.29, 1.82) is 0 Å². The Morgan fingerprint density at radius 2 is 1.97 bits per heavy atom. The van der Waals surface area contributed by atoms with E-state index in [9.17, 15) is 29.1 Å². The van der Waals surface area contributed by atoms with E-state index in [-0.39, 0.29) is 41.8 Å². The second kappa shape index (κ2) is 11.5. The molecule has 4 N–H and O–H groups in total. The van der Waals surface area contributed by atoms with E-state index in [0.29, 0.717) is 36.4 Å². The summed E-state index contributed by atoms with van der Waals surface area (Å²) in [5, 5.41) is 21.3. The van der Waals surface area contributed by atoms with Gasteiger partial charge in [-0.1, -0.05) is 6.92 Å². The molecule has 3 aromatic rings. The number of pyridine rings is 2. The topological polar surface area (TPSA) is 171 Å². The maximum absolute atomic E-state index is 12.4. The lowest BCUT2D eigenvalue weighted by molar-refractivity contribution is -0.109. The molecule has 1 unspecified atom stereocenters. The summed E-state index contributed by atoms with van der Waals surface area (Å²) in [7, 11) is 0. The second-order valence-electron chi connectivity index (χ2n) is 8.87. The second-order valence-corrected chi connectivity index (χ2v) is 8.87. The van der Waals surface area contributed by atoms with Crippen LogP contribution in [0.4, 0.5) is 0 Å². The molecule has 13 nitrogen and oxygen atoms in total. The Morgan fingerprint density at radius 3 is 2.62 bits per heavy atom. The van der Waals surface area contributed by atoms with E-state index >= 15 is 0 Å². The van der Waals surface area contributed by atoms with Crippen LogP contribution < -0.4 is 21.8 Å². The Hall–Kier alpha value is -4.42. The molecule has 0 saturated carbocycles. The van der Waals surface area contributed by atoms with Crippen LogP contribution in [-0.4, -0.2) is 66.0 Å². The number of hydrogen-bond donors (Lipinski definition) is 4. The molecule has 198 valence electrons. The maximum Gasteiger partial charge on any atom is 0.347 e. The van der Waals surface area contributed by atoms with E-state index in [1.165, 1.54) is 10.5 Å². The predicted molar refractivity (Wildman–Crippen MR) is 134 cm³/mol. The molecule has 13 heteroatoms. The van der Waals surface area contributed by atoms with Crippen molar-refractivity contribution in [1.82, 2.24) is 34.7 Å². The summed E-state index contributed by atoms with van der Waals surface area (Å²) in [4.78, 5) is 59.4. The number of aromatic nitrogens is 4. The van der Waals surface area contributed by atoms with Gasteiger partial charge in [-0.25, -0.2) is 14.3 Å². The van der Waals surface area contributed by atoms with Gasteiger partial charge in [0.1, 0.15) is 0 Å². The number of fused-ring (bicyclic) bond motifs is 2. The van der Waals surface area contributed by atoms with Gasteiger partial charge >= 0.3 is 5.69 Å². The number of aromatic hydroxyl groups is 1. The standard InChI is InChI=1S/C13H17N3O4.C11H14N4O2/c1-8(2)15-3-4-16-9(6-14-7-17)5-10(18)12(19)11(16)13(15)20;1-3-7(2)12-10(16)8-5-4-6-15-9(8)13-14-11(15)17/h5,7-8,19H,3-4,6H2,1-2H3,(H,14,17);4-7H,3H2,1-2H3,(H,12,16)(H,14,17). The third-order valence-corrected chi connectivity index (χ3v) is 6.07. The molecule has 1 atom stereocenters. The van der Waals surface area contributed by atoms with Crippen molar-refractivity contribution in [3.05, 3.63) is 62.1 Å². The molecule has 4 rings (SSSR count). The van der Waals surface area contributed by atoms with Gasteiger partial charge in [-0.15, -0.1) is 0 Å². The van der Waals surface area contributed by atoms with Gasteiger partial charge in [0, 0.05) is 43.1 Å². The van der Waals surface area contributed by atoms with Crippen LogP contribution in [0.15, 0.2) is 34.0 Å². The smallest absolute Gasteiger partial charge is 0.347 e. The molecule has 0 saturated heterocycles. The zero-order valence-electron chi connectivity index (χ0n) is 21.1. The SMILES string of the molecule is CC(C)N1CCn2c(CNC=O)cc(=O)c(O)c2C1=O.CCC(C)NC(=O)c1cccn2c(=O)[nH]nc12. The number of nitrogens with zero attached hydrogens (tertiary/aromatic N) is 4. The molecule has 4 heterocycles. The van der Waals surface area contributed by atoms with Gasteiger partial charge in [-0.05, 0) is 39.3 Å². The summed E-state index contributed by atoms with van der Waals surface area (Å²) in [5.41, 5.74) is 0.285. The summed E-state index contributed by atoms with van der Waals surface area (Å²) in [6.45, 7) is 8.78. The van der Waals surface area contributed by atoms with Gasteiger partial charge in [0.25, 0.3) is 11.8 Å². The lowest BCUT2D eigenvalue weighted by Crippen LogP contribution is -2.46. The van der Waals surface area contributed by atoms with Crippen molar-refractivity contribution in [3.8, 4) is 5.75 Å². The summed E-state index contributed by atoms with van der Waals surface area (Å²) in [6, 6.07) is 4.62. The largest absolute Gasteiger partial charge is 0.503 e. The van der Waals surface area contributed by atoms with Crippen molar-refractivity contribution >= 4 is 23.9 Å². The third kappa shape index (κ3) is 5.71. The van der Waals surface area contributed by atoms with Crippen molar-refractivity contribution < 1.29 is 19.5 Å². The highest BCUT2D eigenvalue weighted by molar-refractivity contribution is 5.99. The first-order valence-corrected chi connectivity index (χ1v) is 11.9. The highest BCUT2D eigenvalue weighted by Gasteiger charge is 2.31. The Morgan fingerprint density at radius 1 is 1.24 bits per heavy atom. The summed E-state index contributed by atoms with van der Waals surface area (Å²) in [6.07, 6.45) is 2.94. The van der Waals surface area contributed by atoms with Crippen LogP contribution in [0.25, 0.3) is 5.65 Å². The summed E-state index contributed by atoms with van der Waals surface area (Å²) >= 11 is 0. The Kier molecular flexibility index (Phi) is 8.48. The van der Waals surface area contributed by atoms with Crippen molar-refractivity contribution in [2.45, 2.75) is 59.3 Å². The van der Waals surface area contributed by atoms with E-state index in [4.69, 9.17) is 0 Å². The van der Waals surface area contributed by atoms with Gasteiger partial charge in [-0.3, -0.25) is 19.2 Å². The van der Waals surface area contributed by atoms with E-state index in [0.717, 1.165) is 6.42 Å². The molecule has 0 bridgehead atoms. The van der Waals surface area contributed by atoms with E-state index in [1.54, 1.807) is 27.8 Å². The Bertz CT molecular complexity index is 1420. The average molecular weight is 514 g/mol. The molecule has 0 spiro atoms. The minimum atomic E-state index is -0.613. The number of carbonyl (C=O) groups is 3. The quantitative estimate of drug-likeness (QED) is 0.327. The monoisotopic (exact) mass is 513 g/mol. The minimum Gasteiger partial charge on any atom is -0.503 e. The number of aromatic amines is 1. The van der Waals surface area contributed by atoms with Gasteiger partial charge in [-0.2, -0.15) is 5.10 Å². The number of rotatable bonds is 7. The van der Waals surface area contributed by atoms with E-state index in [2.05, 4.69) is 20.8 Å². The number of amides is 3. The number of nitrogens with one attached hydrogen (secondary N) is 3. The lowest BCUT2D eigenvalue weighted by Gasteiger charge is -2.34. The van der Waals surface area contributed by atoms with E-state index < -0.39 is 11.2 Å². The molecular weight excluding hydrogens is 482 g/mol. The molecule has 1 aliphatic heterocycles. The van der Waals surface area contributed by atoms with Crippen LogP contribution in [0.5, 0.6) is 5.75 Å². The third-order valence-electron chi connectivity index (χ3n) is 6.07. The van der Waals surface area contributed by atoms with Crippen LogP contribution in [-0.2, 0) is 17.9 Å². The fourth-order valence-corrected chi connectivity index (χ4v) is 3.90.